The minimum Gasteiger partial charge on any atom is -0.366 e. The third-order valence-electron chi connectivity index (χ3n) is 2.54. The number of sulfone groups is 1. The summed E-state index contributed by atoms with van der Waals surface area (Å²) < 4.78 is 22.6. The minimum atomic E-state index is -3.14. The summed E-state index contributed by atoms with van der Waals surface area (Å²) in [7, 11) is -3.14. The number of halogens is 1. The number of pyridine rings is 1. The van der Waals surface area contributed by atoms with Crippen molar-refractivity contribution in [2.24, 2.45) is 0 Å². The van der Waals surface area contributed by atoms with E-state index >= 15 is 0 Å². The van der Waals surface area contributed by atoms with Crippen LogP contribution in [0.25, 0.3) is 0 Å². The fourth-order valence-electron chi connectivity index (χ4n) is 1.55. The summed E-state index contributed by atoms with van der Waals surface area (Å²) in [5.74, 6) is 0.680. The maximum Gasteiger partial charge on any atom is 0.175 e. The molecular weight excluding hydrogens is 284 g/mol. The lowest BCUT2D eigenvalue weighted by atomic mass is 10.2. The highest BCUT2D eigenvalue weighted by Gasteiger charge is 2.05. The number of nitrogens with one attached hydrogen (secondary N) is 1. The van der Waals surface area contributed by atoms with Gasteiger partial charge in [0.25, 0.3) is 0 Å². The van der Waals surface area contributed by atoms with Gasteiger partial charge in [0.2, 0.25) is 0 Å². The van der Waals surface area contributed by atoms with Crippen molar-refractivity contribution in [1.82, 2.24) is 4.98 Å². The van der Waals surface area contributed by atoms with Gasteiger partial charge >= 0.3 is 0 Å². The molecular formula is C13H13ClN2O2S. The Balaban J connectivity index is 2.05. The van der Waals surface area contributed by atoms with E-state index in [0.717, 1.165) is 5.56 Å². The van der Waals surface area contributed by atoms with E-state index in [-0.39, 0.29) is 0 Å². The van der Waals surface area contributed by atoms with Crippen molar-refractivity contribution in [3.05, 3.63) is 53.2 Å². The fourth-order valence-corrected chi connectivity index (χ4v) is 2.35. The normalized spacial score (nSPS) is 11.3. The van der Waals surface area contributed by atoms with Crippen LogP contribution in [0.1, 0.15) is 5.56 Å². The Bertz CT molecular complexity index is 669. The highest BCUT2D eigenvalue weighted by molar-refractivity contribution is 7.90. The lowest BCUT2D eigenvalue weighted by molar-refractivity contribution is 0.602. The minimum absolute atomic E-state index is 0.317. The molecule has 0 amide bonds. The standard InChI is InChI=1S/C13H13ClN2O2S/c1-19(17,18)11-7-5-10(6-8-11)9-15-13-4-2-3-12(14)16-13/h2-8H,9H2,1H3,(H,15,16). The summed E-state index contributed by atoms with van der Waals surface area (Å²) in [5.41, 5.74) is 0.967. The smallest absolute Gasteiger partial charge is 0.175 e. The predicted molar refractivity (Wildman–Crippen MR) is 76.1 cm³/mol. The predicted octanol–water partition coefficient (Wildman–Crippen LogP) is 2.75. The average molecular weight is 297 g/mol. The molecule has 6 heteroatoms. The Labute approximate surface area is 117 Å². The van der Waals surface area contributed by atoms with Crippen LogP contribution >= 0.6 is 11.6 Å². The number of anilines is 1. The molecule has 0 spiro atoms. The summed E-state index contributed by atoms with van der Waals surface area (Å²) in [4.78, 5) is 4.42. The highest BCUT2D eigenvalue weighted by atomic mass is 35.5. The largest absolute Gasteiger partial charge is 0.366 e. The zero-order valence-corrected chi connectivity index (χ0v) is 11.9. The molecule has 0 aliphatic carbocycles. The Morgan fingerprint density at radius 2 is 1.84 bits per heavy atom. The van der Waals surface area contributed by atoms with Gasteiger partial charge in [0.1, 0.15) is 11.0 Å². The van der Waals surface area contributed by atoms with Crippen molar-refractivity contribution in [2.75, 3.05) is 11.6 Å². The third-order valence-corrected chi connectivity index (χ3v) is 3.88. The second kappa shape index (κ2) is 5.59. The summed E-state index contributed by atoms with van der Waals surface area (Å²) >= 11 is 5.78. The van der Waals surface area contributed by atoms with Crippen LogP contribution < -0.4 is 5.32 Å². The van der Waals surface area contributed by atoms with Gasteiger partial charge < -0.3 is 5.32 Å². The lowest BCUT2D eigenvalue weighted by Gasteiger charge is -2.06. The lowest BCUT2D eigenvalue weighted by Crippen LogP contribution is -2.02. The van der Waals surface area contributed by atoms with Crippen LogP contribution in [0.2, 0.25) is 5.15 Å². The van der Waals surface area contributed by atoms with Gasteiger partial charge in [-0.15, -0.1) is 0 Å². The molecule has 1 aromatic heterocycles. The van der Waals surface area contributed by atoms with Gasteiger partial charge in [0, 0.05) is 12.8 Å². The summed E-state index contributed by atoms with van der Waals surface area (Å²) in [5, 5.41) is 3.54. The molecule has 0 aliphatic rings. The van der Waals surface area contributed by atoms with Gasteiger partial charge in [-0.25, -0.2) is 13.4 Å². The molecule has 0 saturated heterocycles. The van der Waals surface area contributed by atoms with Crippen molar-refractivity contribution in [1.29, 1.82) is 0 Å². The third kappa shape index (κ3) is 3.94. The Hall–Kier alpha value is -1.59. The molecule has 1 heterocycles. The first-order valence-electron chi connectivity index (χ1n) is 5.60. The molecule has 0 aliphatic heterocycles. The first kappa shape index (κ1) is 13.8. The van der Waals surface area contributed by atoms with Crippen LogP contribution in [0.4, 0.5) is 5.82 Å². The number of hydrogen-bond donors (Lipinski definition) is 1. The Morgan fingerprint density at radius 3 is 2.42 bits per heavy atom. The van der Waals surface area contributed by atoms with Gasteiger partial charge in [0.05, 0.1) is 4.90 Å². The molecule has 0 saturated carbocycles. The molecule has 1 N–H and O–H groups in total. The molecule has 2 rings (SSSR count). The van der Waals surface area contributed by atoms with E-state index < -0.39 is 9.84 Å². The van der Waals surface area contributed by atoms with Crippen LogP contribution in [0.3, 0.4) is 0 Å². The molecule has 0 unspecified atom stereocenters. The van der Waals surface area contributed by atoms with E-state index in [9.17, 15) is 8.42 Å². The molecule has 0 fully saturated rings. The number of benzene rings is 1. The maximum absolute atomic E-state index is 11.3. The zero-order chi connectivity index (χ0) is 13.9. The number of aromatic nitrogens is 1. The summed E-state index contributed by atoms with van der Waals surface area (Å²) in [6.07, 6.45) is 1.19. The van der Waals surface area contributed by atoms with Gasteiger partial charge in [0.15, 0.2) is 9.84 Å². The molecule has 100 valence electrons. The number of rotatable bonds is 4. The molecule has 1 aromatic carbocycles. The fraction of sp³-hybridized carbons (Fsp3) is 0.154. The van der Waals surface area contributed by atoms with Gasteiger partial charge in [-0.3, -0.25) is 0 Å². The van der Waals surface area contributed by atoms with Crippen LogP contribution in [0.5, 0.6) is 0 Å². The van der Waals surface area contributed by atoms with Crippen LogP contribution in [-0.2, 0) is 16.4 Å². The van der Waals surface area contributed by atoms with Crippen molar-refractivity contribution < 1.29 is 8.42 Å². The SMILES string of the molecule is CS(=O)(=O)c1ccc(CNc2cccc(Cl)n2)cc1. The second-order valence-electron chi connectivity index (χ2n) is 4.12. The van der Waals surface area contributed by atoms with E-state index in [2.05, 4.69) is 10.3 Å². The van der Waals surface area contributed by atoms with Crippen molar-refractivity contribution in [3.8, 4) is 0 Å². The quantitative estimate of drug-likeness (QED) is 0.881. The second-order valence-corrected chi connectivity index (χ2v) is 6.52. The van der Waals surface area contributed by atoms with Gasteiger partial charge in [-0.2, -0.15) is 0 Å². The number of hydrogen-bond acceptors (Lipinski definition) is 4. The summed E-state index contributed by atoms with van der Waals surface area (Å²) in [6, 6.07) is 12.1. The van der Waals surface area contributed by atoms with E-state index in [0.29, 0.717) is 22.4 Å². The van der Waals surface area contributed by atoms with E-state index in [1.165, 1.54) is 6.26 Å². The molecule has 4 nitrogen and oxygen atoms in total. The van der Waals surface area contributed by atoms with Crippen LogP contribution in [0.15, 0.2) is 47.4 Å². The highest BCUT2D eigenvalue weighted by Crippen LogP contribution is 2.13. The van der Waals surface area contributed by atoms with E-state index in [1.807, 2.05) is 12.1 Å². The van der Waals surface area contributed by atoms with E-state index in [1.54, 1.807) is 30.3 Å². The molecule has 19 heavy (non-hydrogen) atoms. The topological polar surface area (TPSA) is 59.1 Å². The Morgan fingerprint density at radius 1 is 1.16 bits per heavy atom. The molecule has 0 radical (unpaired) electrons. The average Bonchev–Trinajstić information content (AvgIpc) is 2.36. The van der Waals surface area contributed by atoms with Crippen molar-refractivity contribution in [3.63, 3.8) is 0 Å². The first-order chi connectivity index (χ1) is 8.95. The van der Waals surface area contributed by atoms with E-state index in [4.69, 9.17) is 11.6 Å². The first-order valence-corrected chi connectivity index (χ1v) is 7.87. The summed E-state index contributed by atoms with van der Waals surface area (Å²) in [6.45, 7) is 0.553. The Kier molecular flexibility index (Phi) is 4.07. The number of nitrogens with zero attached hydrogens (tertiary/aromatic N) is 1. The van der Waals surface area contributed by atoms with Crippen molar-refractivity contribution >= 4 is 27.3 Å². The zero-order valence-electron chi connectivity index (χ0n) is 10.3. The maximum atomic E-state index is 11.3. The molecule has 2 aromatic rings. The van der Waals surface area contributed by atoms with Gasteiger partial charge in [-0.1, -0.05) is 29.8 Å². The van der Waals surface area contributed by atoms with Crippen LogP contribution in [0, 0.1) is 0 Å². The van der Waals surface area contributed by atoms with Gasteiger partial charge in [-0.05, 0) is 29.8 Å². The van der Waals surface area contributed by atoms with Crippen LogP contribution in [-0.4, -0.2) is 19.7 Å². The monoisotopic (exact) mass is 296 g/mol. The van der Waals surface area contributed by atoms with Crippen molar-refractivity contribution in [2.45, 2.75) is 11.4 Å². The molecule has 0 atom stereocenters. The molecule has 0 bridgehead atoms.